The zero-order chi connectivity index (χ0) is 15.0. The van der Waals surface area contributed by atoms with Gasteiger partial charge in [-0.3, -0.25) is 0 Å². The van der Waals surface area contributed by atoms with Gasteiger partial charge in [0.15, 0.2) is 0 Å². The first-order valence-corrected chi connectivity index (χ1v) is 8.17. The maximum atomic E-state index is 8.69. The lowest BCUT2D eigenvalue weighted by Crippen LogP contribution is -2.26. The van der Waals surface area contributed by atoms with Crippen molar-refractivity contribution in [3.63, 3.8) is 0 Å². The maximum absolute atomic E-state index is 8.69. The van der Waals surface area contributed by atoms with Gasteiger partial charge in [0.2, 0.25) is 0 Å². The Balaban J connectivity index is 1.99. The van der Waals surface area contributed by atoms with Gasteiger partial charge in [-0.15, -0.1) is 22.7 Å². The van der Waals surface area contributed by atoms with Gasteiger partial charge >= 0.3 is 0 Å². The number of oxime groups is 1. The molecule has 5 nitrogen and oxygen atoms in total. The monoisotopic (exact) mass is 321 g/mol. The first-order valence-electron chi connectivity index (χ1n) is 6.47. The summed E-state index contributed by atoms with van der Waals surface area (Å²) in [6.45, 7) is 4.23. The summed E-state index contributed by atoms with van der Waals surface area (Å²) >= 11 is 3.32. The SMILES string of the molecule is Cc1nc2c(cc(OCC(C)/C(N)=N/O)c3ccsc32)s1. The third-order valence-corrected chi connectivity index (χ3v) is 5.12. The van der Waals surface area contributed by atoms with Gasteiger partial charge in [0.1, 0.15) is 11.6 Å². The van der Waals surface area contributed by atoms with E-state index >= 15 is 0 Å². The number of rotatable bonds is 4. The summed E-state index contributed by atoms with van der Waals surface area (Å²) in [5, 5.41) is 15.8. The zero-order valence-electron chi connectivity index (χ0n) is 11.7. The molecule has 0 aliphatic carbocycles. The van der Waals surface area contributed by atoms with E-state index < -0.39 is 0 Å². The number of nitrogens with zero attached hydrogens (tertiary/aromatic N) is 2. The number of hydrogen-bond acceptors (Lipinski definition) is 6. The number of hydrogen-bond donors (Lipinski definition) is 2. The minimum Gasteiger partial charge on any atom is -0.492 e. The van der Waals surface area contributed by atoms with Crippen LogP contribution in [-0.4, -0.2) is 22.6 Å². The Bertz CT molecular complexity index is 822. The highest BCUT2D eigenvalue weighted by molar-refractivity contribution is 7.21. The van der Waals surface area contributed by atoms with Crippen LogP contribution in [-0.2, 0) is 0 Å². The average Bonchev–Trinajstić information content (AvgIpc) is 3.08. The highest BCUT2D eigenvalue weighted by Crippen LogP contribution is 2.38. The second-order valence-corrected chi connectivity index (χ2v) is 7.01. The van der Waals surface area contributed by atoms with E-state index in [-0.39, 0.29) is 11.8 Å². The van der Waals surface area contributed by atoms with Crippen LogP contribution >= 0.6 is 22.7 Å². The number of ether oxygens (including phenoxy) is 1. The van der Waals surface area contributed by atoms with Crippen molar-refractivity contribution < 1.29 is 9.94 Å². The average molecular weight is 321 g/mol. The summed E-state index contributed by atoms with van der Waals surface area (Å²) in [4.78, 5) is 4.59. The van der Waals surface area contributed by atoms with Crippen LogP contribution in [0.15, 0.2) is 22.7 Å². The fraction of sp³-hybridized carbons (Fsp3) is 0.286. The fourth-order valence-electron chi connectivity index (χ4n) is 2.10. The van der Waals surface area contributed by atoms with Crippen LogP contribution < -0.4 is 10.5 Å². The normalized spacial score (nSPS) is 13.9. The van der Waals surface area contributed by atoms with Gasteiger partial charge in [0, 0.05) is 11.5 Å². The van der Waals surface area contributed by atoms with Crippen LogP contribution in [0.3, 0.4) is 0 Å². The number of benzene rings is 1. The van der Waals surface area contributed by atoms with Gasteiger partial charge in [-0.2, -0.15) is 0 Å². The number of amidine groups is 1. The molecule has 1 unspecified atom stereocenters. The van der Waals surface area contributed by atoms with E-state index in [9.17, 15) is 0 Å². The van der Waals surface area contributed by atoms with Gasteiger partial charge in [0.05, 0.1) is 32.4 Å². The second kappa shape index (κ2) is 5.50. The molecule has 0 aliphatic rings. The Labute approximate surface area is 129 Å². The molecule has 1 atom stereocenters. The molecular weight excluding hydrogens is 306 g/mol. The lowest BCUT2D eigenvalue weighted by molar-refractivity contribution is 0.281. The molecule has 0 saturated carbocycles. The van der Waals surface area contributed by atoms with Crippen molar-refractivity contribution in [1.82, 2.24) is 4.98 Å². The van der Waals surface area contributed by atoms with Crippen molar-refractivity contribution >= 4 is 48.8 Å². The third kappa shape index (κ3) is 2.54. The van der Waals surface area contributed by atoms with Crippen molar-refractivity contribution in [2.75, 3.05) is 6.61 Å². The number of thiophene rings is 1. The van der Waals surface area contributed by atoms with Gasteiger partial charge < -0.3 is 15.7 Å². The number of aryl methyl sites for hydroxylation is 1. The molecule has 0 amide bonds. The molecule has 7 heteroatoms. The van der Waals surface area contributed by atoms with Crippen LogP contribution in [0.2, 0.25) is 0 Å². The van der Waals surface area contributed by atoms with E-state index in [1.807, 2.05) is 31.4 Å². The summed E-state index contributed by atoms with van der Waals surface area (Å²) in [5.41, 5.74) is 6.62. The van der Waals surface area contributed by atoms with E-state index in [1.165, 1.54) is 0 Å². The molecule has 0 aliphatic heterocycles. The van der Waals surface area contributed by atoms with Gasteiger partial charge in [-0.05, 0) is 18.4 Å². The molecule has 110 valence electrons. The van der Waals surface area contributed by atoms with Gasteiger partial charge in [-0.1, -0.05) is 12.1 Å². The summed E-state index contributed by atoms with van der Waals surface area (Å²) in [5.74, 6) is 0.842. The Kier molecular flexibility index (Phi) is 3.69. The van der Waals surface area contributed by atoms with E-state index in [4.69, 9.17) is 15.7 Å². The maximum Gasteiger partial charge on any atom is 0.145 e. The predicted octanol–water partition coefficient (Wildman–Crippen LogP) is 3.58. The lowest BCUT2D eigenvalue weighted by atomic mass is 10.2. The minimum absolute atomic E-state index is 0.150. The van der Waals surface area contributed by atoms with E-state index in [0.717, 1.165) is 31.1 Å². The molecule has 3 rings (SSSR count). The molecule has 0 radical (unpaired) electrons. The van der Waals surface area contributed by atoms with Crippen LogP contribution in [0.25, 0.3) is 20.3 Å². The summed E-state index contributed by atoms with van der Waals surface area (Å²) in [6.07, 6.45) is 0. The Hall–Kier alpha value is -1.86. The minimum atomic E-state index is -0.150. The molecule has 1 aromatic carbocycles. The molecule has 2 heterocycles. The van der Waals surface area contributed by atoms with Crippen LogP contribution in [0.1, 0.15) is 11.9 Å². The molecular formula is C14H15N3O2S2. The summed E-state index contributed by atoms with van der Waals surface area (Å²) in [6, 6.07) is 4.06. The van der Waals surface area contributed by atoms with Gasteiger partial charge in [0.25, 0.3) is 0 Å². The lowest BCUT2D eigenvalue weighted by Gasteiger charge is -2.12. The number of aromatic nitrogens is 1. The highest BCUT2D eigenvalue weighted by atomic mass is 32.1. The van der Waals surface area contributed by atoms with Crippen molar-refractivity contribution in [1.29, 1.82) is 0 Å². The Morgan fingerprint density at radius 1 is 1.57 bits per heavy atom. The predicted molar refractivity (Wildman–Crippen MR) is 87.8 cm³/mol. The van der Waals surface area contributed by atoms with Gasteiger partial charge in [-0.25, -0.2) is 4.98 Å². The second-order valence-electron chi connectivity index (χ2n) is 4.85. The van der Waals surface area contributed by atoms with Crippen LogP contribution in [0.5, 0.6) is 5.75 Å². The summed E-state index contributed by atoms with van der Waals surface area (Å²) < 4.78 is 8.15. The molecule has 21 heavy (non-hydrogen) atoms. The molecule has 0 saturated heterocycles. The van der Waals surface area contributed by atoms with Crippen molar-refractivity contribution in [2.24, 2.45) is 16.8 Å². The smallest absolute Gasteiger partial charge is 0.145 e. The molecule has 0 bridgehead atoms. The van der Waals surface area contributed by atoms with Crippen molar-refractivity contribution in [2.45, 2.75) is 13.8 Å². The molecule has 0 fully saturated rings. The van der Waals surface area contributed by atoms with E-state index in [1.54, 1.807) is 22.7 Å². The highest BCUT2D eigenvalue weighted by Gasteiger charge is 2.14. The molecule has 3 N–H and O–H groups in total. The number of thiazole rings is 1. The molecule has 3 aromatic rings. The van der Waals surface area contributed by atoms with E-state index in [0.29, 0.717) is 6.61 Å². The van der Waals surface area contributed by atoms with Crippen LogP contribution in [0.4, 0.5) is 0 Å². The largest absolute Gasteiger partial charge is 0.492 e. The number of nitrogens with two attached hydrogens (primary N) is 1. The topological polar surface area (TPSA) is 80.7 Å². The standard InChI is InChI=1S/C14H15N3O2S2/c1-7(14(15)17-18)6-19-10-5-11-12(16-8(2)21-11)13-9(10)3-4-20-13/h3-5,7,18H,6H2,1-2H3,(H2,15,17). The fourth-order valence-corrected chi connectivity index (χ4v) is 3.94. The van der Waals surface area contributed by atoms with Crippen LogP contribution in [0, 0.1) is 12.8 Å². The third-order valence-electron chi connectivity index (χ3n) is 3.28. The zero-order valence-corrected chi connectivity index (χ0v) is 13.3. The molecule has 2 aromatic heterocycles. The first-order chi connectivity index (χ1) is 10.1. The van der Waals surface area contributed by atoms with E-state index in [2.05, 4.69) is 10.1 Å². The number of fused-ring (bicyclic) bond motifs is 3. The Morgan fingerprint density at radius 2 is 2.38 bits per heavy atom. The molecule has 0 spiro atoms. The quantitative estimate of drug-likeness (QED) is 0.333. The van der Waals surface area contributed by atoms with Crippen molar-refractivity contribution in [3.8, 4) is 5.75 Å². The first kappa shape index (κ1) is 14.1. The summed E-state index contributed by atoms with van der Waals surface area (Å²) in [7, 11) is 0. The Morgan fingerprint density at radius 3 is 3.14 bits per heavy atom. The van der Waals surface area contributed by atoms with Crippen molar-refractivity contribution in [3.05, 3.63) is 22.5 Å².